The number of nitrogens with zero attached hydrogens (tertiary/aromatic N) is 11. The van der Waals surface area contributed by atoms with E-state index in [0.717, 1.165) is 48.6 Å². The third-order valence-electron chi connectivity index (χ3n) is 13.7. The van der Waals surface area contributed by atoms with Crippen molar-refractivity contribution in [1.82, 2.24) is 29.9 Å². The molecule has 10 N–H and O–H groups in total. The van der Waals surface area contributed by atoms with Crippen LogP contribution < -0.4 is 209 Å². The monoisotopic (exact) mass is 1620 g/mol. The first-order valence-electron chi connectivity index (χ1n) is 27.6. The summed E-state index contributed by atoms with van der Waals surface area (Å²) in [6.07, 6.45) is 1.87. The number of hydrogen-bond donors (Lipinski definition) is 9. The number of benzene rings is 8. The van der Waals surface area contributed by atoms with Crippen molar-refractivity contribution < 1.29 is 276 Å². The molecule has 0 aliphatic rings. The van der Waals surface area contributed by atoms with E-state index in [1.807, 2.05) is 0 Å². The fourth-order valence-electron chi connectivity index (χ4n) is 9.47. The summed E-state index contributed by atoms with van der Waals surface area (Å²) < 4.78 is 227. The van der Waals surface area contributed by atoms with E-state index in [2.05, 4.69) is 71.6 Å². The minimum Gasteiger partial charge on any atom is -0.744 e. The van der Waals surface area contributed by atoms with Gasteiger partial charge in [0.1, 0.15) is 72.1 Å². The van der Waals surface area contributed by atoms with Gasteiger partial charge >= 0.3 is 177 Å². The zero-order valence-electron chi connectivity index (χ0n) is 55.8. The molecule has 0 saturated carbocycles. The Morgan fingerprint density at radius 1 is 0.406 bits per heavy atom. The maximum absolute atomic E-state index is 13.0. The van der Waals surface area contributed by atoms with E-state index in [1.165, 1.54) is 53.4 Å². The summed E-state index contributed by atoms with van der Waals surface area (Å²) in [6, 6.07) is 24.9. The average molecular weight is 1620 g/mol. The van der Waals surface area contributed by atoms with Crippen molar-refractivity contribution in [3.05, 3.63) is 145 Å². The van der Waals surface area contributed by atoms with Gasteiger partial charge in [-0.05, 0) is 107 Å². The van der Waals surface area contributed by atoms with E-state index in [-0.39, 0.29) is 213 Å². The van der Waals surface area contributed by atoms with E-state index in [9.17, 15) is 98.2 Å². The van der Waals surface area contributed by atoms with Crippen LogP contribution in [0.2, 0.25) is 0 Å². The van der Waals surface area contributed by atoms with Crippen molar-refractivity contribution in [3.8, 4) is 11.5 Å². The third kappa shape index (κ3) is 23.3. The molecular weight excluding hydrogens is 1580 g/mol. The topological polar surface area (TPSA) is 628 Å². The van der Waals surface area contributed by atoms with Crippen molar-refractivity contribution in [1.29, 1.82) is 0 Å². The second-order valence-corrected chi connectivity index (χ2v) is 28.6. The Morgan fingerprint density at radius 2 is 0.745 bits per heavy atom. The van der Waals surface area contributed by atoms with Gasteiger partial charge < -0.3 is 79.6 Å². The minimum absolute atomic E-state index is 0. The van der Waals surface area contributed by atoms with Crippen molar-refractivity contribution in [3.63, 3.8) is 0 Å². The number of azo groups is 2. The third-order valence-corrected chi connectivity index (χ3v) is 18.8. The first-order valence-corrected chi connectivity index (χ1v) is 36.0. The Balaban J connectivity index is 0.00000396. The van der Waals surface area contributed by atoms with Crippen LogP contribution in [0.15, 0.2) is 183 Å². The van der Waals surface area contributed by atoms with E-state index in [1.54, 1.807) is 12.1 Å². The van der Waals surface area contributed by atoms with Crippen LogP contribution in [0, 0.1) is 0 Å². The maximum Gasteiger partial charge on any atom is 1.00 e. The number of phenolic OH excluding ortho intramolecular Hbond substituents is 2. The molecule has 10 rings (SSSR count). The number of aliphatic hydroxyl groups is 2. The Bertz CT molecular complexity index is 5800. The summed E-state index contributed by atoms with van der Waals surface area (Å²) in [5.41, 5.74) is 1.89. The summed E-state index contributed by atoms with van der Waals surface area (Å²) in [6.45, 7) is -1.74. The van der Waals surface area contributed by atoms with Crippen LogP contribution in [-0.4, -0.2) is 154 Å². The van der Waals surface area contributed by atoms with Gasteiger partial charge in [-0.25, -0.2) is 50.5 Å². The largest absolute Gasteiger partial charge is 1.00 e. The van der Waals surface area contributed by atoms with Crippen LogP contribution in [0.3, 0.4) is 0 Å². The number of aromatic nitrogens is 6. The molecule has 0 spiro atoms. The number of fused-ring (bicyclic) bond motifs is 2. The van der Waals surface area contributed by atoms with Gasteiger partial charge in [0.15, 0.2) is 11.5 Å². The molecule has 0 atom stereocenters. The Hall–Kier alpha value is -4.98. The average Bonchev–Trinajstić information content (AvgIpc) is 0.750. The molecule has 520 valence electrons. The second-order valence-electron chi connectivity index (χ2n) is 20.5. The Kier molecular flexibility index (Phi) is 33.7. The smallest absolute Gasteiger partial charge is 0.744 e. The molecule has 0 aliphatic heterocycles. The SMILES string of the molecule is Nc1nc(Nc2ccc(/C=C/c3ccc(Nc4nc(Nc5cc(S(=O)(=O)[O-])cc6cc(S(=O)(=O)[O-])c(N=Nc7ccccc7)c(O)c56)nc(N(CCO)CCO)n4)cc3S(=O)(=O)[O-])c(S(=O)(=O)[O-])c2)nc(Nc2cc(S(=O)(=O)[O-])cc3cc(S(=O)(=O)[O-])c(N=Nc4ccccc4)c(O)c23)n1.[Na+].[Na+].[Na+].[Na+].[Na+].[Na+]. The molecule has 0 amide bonds. The van der Waals surface area contributed by atoms with Crippen LogP contribution in [0.1, 0.15) is 11.1 Å². The molecule has 0 saturated heterocycles. The zero-order chi connectivity index (χ0) is 72.4. The van der Waals surface area contributed by atoms with Crippen LogP contribution in [-0.2, 0) is 60.7 Å². The van der Waals surface area contributed by atoms with Crippen molar-refractivity contribution in [2.24, 2.45) is 20.5 Å². The van der Waals surface area contributed by atoms with Crippen molar-refractivity contribution >= 4 is 176 Å². The van der Waals surface area contributed by atoms with Crippen LogP contribution in [0.25, 0.3) is 33.7 Å². The fourth-order valence-corrected chi connectivity index (χ4v) is 13.2. The minimum atomic E-state index is -5.55. The van der Waals surface area contributed by atoms with Crippen molar-refractivity contribution in [2.75, 3.05) is 58.2 Å². The molecule has 10 aromatic rings. The molecule has 106 heavy (non-hydrogen) atoms. The van der Waals surface area contributed by atoms with E-state index < -0.39 is 206 Å². The molecule has 0 unspecified atom stereocenters. The first-order chi connectivity index (χ1) is 46.9. The Labute approximate surface area is 735 Å². The molecule has 0 fully saturated rings. The number of hydrogen-bond acceptors (Lipinski definition) is 38. The summed E-state index contributed by atoms with van der Waals surface area (Å²) >= 11 is 0. The Morgan fingerprint density at radius 3 is 1.08 bits per heavy atom. The number of nitrogen functional groups attached to an aromatic ring is 1. The summed E-state index contributed by atoms with van der Waals surface area (Å²) in [7, 11) is -32.9. The van der Waals surface area contributed by atoms with Gasteiger partial charge in [0, 0.05) is 35.2 Å². The first kappa shape index (κ1) is 93.4. The number of nitrogens with two attached hydrogens (primary N) is 1. The van der Waals surface area contributed by atoms with Gasteiger partial charge in [-0.2, -0.15) is 40.1 Å². The molecule has 2 aromatic heterocycles. The van der Waals surface area contributed by atoms with Crippen LogP contribution in [0.4, 0.5) is 81.2 Å². The van der Waals surface area contributed by atoms with Crippen molar-refractivity contribution in [2.45, 2.75) is 29.4 Å². The molecule has 0 radical (unpaired) electrons. The predicted octanol–water partition coefficient (Wildman–Crippen LogP) is -12.4. The van der Waals surface area contributed by atoms with Gasteiger partial charge in [0.05, 0.1) is 65.3 Å². The molecule has 0 bridgehead atoms. The van der Waals surface area contributed by atoms with Gasteiger partial charge in [-0.1, -0.05) is 60.7 Å². The molecule has 50 heteroatoms. The van der Waals surface area contributed by atoms with Gasteiger partial charge in [-0.15, -0.1) is 10.2 Å². The summed E-state index contributed by atoms with van der Waals surface area (Å²) in [5, 5.41) is 66.8. The maximum atomic E-state index is 13.0. The number of phenols is 2. The van der Waals surface area contributed by atoms with E-state index >= 15 is 0 Å². The zero-order valence-corrected chi connectivity index (χ0v) is 72.7. The molecular formula is C56H42N16Na6O22S6. The van der Waals surface area contributed by atoms with Gasteiger partial charge in [-0.3, -0.25) is 0 Å². The quantitative estimate of drug-likeness (QED) is 0.0111. The summed E-state index contributed by atoms with van der Waals surface area (Å²) in [4.78, 5) is 19.5. The van der Waals surface area contributed by atoms with Gasteiger partial charge in [0.25, 0.3) is 0 Å². The van der Waals surface area contributed by atoms with E-state index in [0.29, 0.717) is 36.4 Å². The summed E-state index contributed by atoms with van der Waals surface area (Å²) in [5.74, 6) is -5.49. The molecule has 38 nitrogen and oxygen atoms in total. The number of aromatic hydroxyl groups is 2. The number of aliphatic hydroxyl groups excluding tert-OH is 2. The predicted molar refractivity (Wildman–Crippen MR) is 346 cm³/mol. The molecule has 0 aliphatic carbocycles. The number of nitrogens with one attached hydrogen (secondary N) is 4. The fraction of sp³-hybridized carbons (Fsp3) is 0.0714. The number of rotatable bonds is 25. The van der Waals surface area contributed by atoms with Crippen LogP contribution >= 0.6 is 0 Å². The van der Waals surface area contributed by atoms with E-state index in [4.69, 9.17) is 5.73 Å². The molecule has 8 aromatic carbocycles. The normalized spacial score (nSPS) is 11.9. The van der Waals surface area contributed by atoms with Crippen LogP contribution in [0.5, 0.6) is 11.5 Å². The second kappa shape index (κ2) is 38.3. The molecule has 2 heterocycles. The van der Waals surface area contributed by atoms with Gasteiger partial charge in [0.2, 0.25) is 35.7 Å². The standard InChI is InChI=1S/C56H48N16O22S6.6Na/c57-51-62-52(64-54(63-51)60-39-27-37(95(77,78)79)21-31-23-43(99(89,90)91)47(49(75)45(31)39)70-68-33-7-3-1-4-8-33)58-35-15-13-29(41(25-35)97(83,84)85)11-12-30-14-16-36(26-42(30)98(86,87)88)59-53-65-55(67-56(66-53)72(17-19-73)18-20-74)61-40-28-38(96(80,81)82)22-32-24-44(100(92,93)94)48(50(76)46(32)40)71-69-34-9-5-2-6-10-34;;;;;;/h1-16,21-28,73-76H,17-20H2,(H,77,78,79)(H,80,81,82)(H,83,84,85)(H,86,87,88)(H,89,90,91)(H,92,93,94)(H2,59,61,65,66,67)(H4,57,58,60,62,63,64);;;;;;/q;6*+1/p-6/b12-11+,70-68?,71-69?;;;;;;. The number of anilines is 10.